The summed E-state index contributed by atoms with van der Waals surface area (Å²) in [7, 11) is 7.89. The standard InChI is InChI=1S/C30H28ClN3O3/c1-33(2)18-13-14-22-26(16-18)37-27-17-19(34(3)4)15-23(20-9-5-6-10-21(20)30(35)36)28(27)29(22)32-25-12-8-7-11-24(25)31/h5-17,29,32H,1-4H3,(H,35,36). The van der Waals surface area contributed by atoms with E-state index in [-0.39, 0.29) is 11.6 Å². The van der Waals surface area contributed by atoms with Crippen LogP contribution in [0.1, 0.15) is 27.5 Å². The Kier molecular flexibility index (Phi) is 6.44. The van der Waals surface area contributed by atoms with Gasteiger partial charge in [0.15, 0.2) is 0 Å². The fourth-order valence-corrected chi connectivity index (χ4v) is 4.86. The van der Waals surface area contributed by atoms with Gasteiger partial charge in [0.05, 0.1) is 22.3 Å². The van der Waals surface area contributed by atoms with Crippen LogP contribution in [-0.4, -0.2) is 39.3 Å². The van der Waals surface area contributed by atoms with Gasteiger partial charge in [0.2, 0.25) is 0 Å². The predicted octanol–water partition coefficient (Wildman–Crippen LogP) is 7.14. The molecule has 0 aromatic heterocycles. The van der Waals surface area contributed by atoms with Crippen LogP contribution in [0.4, 0.5) is 17.1 Å². The summed E-state index contributed by atoms with van der Waals surface area (Å²) in [6.45, 7) is 0. The van der Waals surface area contributed by atoms with Crippen LogP contribution in [0.3, 0.4) is 0 Å². The van der Waals surface area contributed by atoms with E-state index in [2.05, 4.69) is 11.4 Å². The zero-order chi connectivity index (χ0) is 26.3. The first-order valence-corrected chi connectivity index (χ1v) is 12.3. The van der Waals surface area contributed by atoms with Gasteiger partial charge in [0.25, 0.3) is 0 Å². The Hall–Kier alpha value is -4.16. The molecule has 37 heavy (non-hydrogen) atoms. The average molecular weight is 514 g/mol. The lowest BCUT2D eigenvalue weighted by atomic mass is 9.85. The molecule has 1 aliphatic heterocycles. The predicted molar refractivity (Wildman–Crippen MR) is 151 cm³/mol. The fourth-order valence-electron chi connectivity index (χ4n) is 4.67. The Morgan fingerprint density at radius 1 is 0.838 bits per heavy atom. The van der Waals surface area contributed by atoms with E-state index >= 15 is 0 Å². The van der Waals surface area contributed by atoms with Crippen molar-refractivity contribution in [2.45, 2.75) is 6.04 Å². The lowest BCUT2D eigenvalue weighted by molar-refractivity contribution is 0.0697. The first-order chi connectivity index (χ1) is 17.7. The van der Waals surface area contributed by atoms with E-state index in [0.29, 0.717) is 16.3 Å². The second-order valence-electron chi connectivity index (χ2n) is 9.43. The Bertz CT molecular complexity index is 1500. The molecule has 2 N–H and O–H groups in total. The number of hydrogen-bond donors (Lipinski definition) is 2. The quantitative estimate of drug-likeness (QED) is 0.285. The van der Waals surface area contributed by atoms with Crippen molar-refractivity contribution >= 4 is 34.6 Å². The van der Waals surface area contributed by atoms with Crippen LogP contribution < -0.4 is 19.9 Å². The minimum atomic E-state index is -0.983. The Balaban J connectivity index is 1.80. The number of ether oxygens (including phenoxy) is 1. The zero-order valence-corrected chi connectivity index (χ0v) is 21.9. The molecule has 5 rings (SSSR count). The highest BCUT2D eigenvalue weighted by Crippen LogP contribution is 2.51. The van der Waals surface area contributed by atoms with Crippen LogP contribution in [0, 0.1) is 0 Å². The van der Waals surface area contributed by atoms with Gasteiger partial charge in [-0.3, -0.25) is 0 Å². The van der Waals surface area contributed by atoms with Crippen molar-refractivity contribution in [1.29, 1.82) is 0 Å². The van der Waals surface area contributed by atoms with E-state index in [1.807, 2.05) is 98.7 Å². The monoisotopic (exact) mass is 513 g/mol. The highest BCUT2D eigenvalue weighted by molar-refractivity contribution is 6.33. The highest BCUT2D eigenvalue weighted by Gasteiger charge is 2.33. The molecule has 1 atom stereocenters. The minimum absolute atomic E-state index is 0.228. The first-order valence-electron chi connectivity index (χ1n) is 11.9. The maximum atomic E-state index is 12.2. The third kappa shape index (κ3) is 4.56. The molecule has 0 saturated heterocycles. The maximum Gasteiger partial charge on any atom is 0.336 e. The number of carboxylic acid groups (broad SMARTS) is 1. The van der Waals surface area contributed by atoms with Crippen LogP contribution in [0.25, 0.3) is 11.1 Å². The molecule has 4 aromatic carbocycles. The van der Waals surface area contributed by atoms with E-state index < -0.39 is 5.97 Å². The lowest BCUT2D eigenvalue weighted by Gasteiger charge is -2.33. The van der Waals surface area contributed by atoms with Crippen molar-refractivity contribution in [3.63, 3.8) is 0 Å². The minimum Gasteiger partial charge on any atom is -0.478 e. The Morgan fingerprint density at radius 2 is 1.51 bits per heavy atom. The van der Waals surface area contributed by atoms with Crippen LogP contribution in [0.15, 0.2) is 78.9 Å². The van der Waals surface area contributed by atoms with Crippen LogP contribution in [-0.2, 0) is 0 Å². The van der Waals surface area contributed by atoms with Crippen molar-refractivity contribution < 1.29 is 14.6 Å². The molecular weight excluding hydrogens is 486 g/mol. The number of anilines is 3. The SMILES string of the molecule is CN(C)c1ccc2c(c1)Oc1cc(N(C)C)cc(-c3ccccc3C(=O)O)c1C2Nc1ccccc1Cl. The number of halogens is 1. The highest BCUT2D eigenvalue weighted by atomic mass is 35.5. The van der Waals surface area contributed by atoms with E-state index in [9.17, 15) is 9.90 Å². The van der Waals surface area contributed by atoms with Crippen molar-refractivity contribution in [3.05, 3.63) is 101 Å². The molecule has 7 heteroatoms. The number of carbonyl (C=O) groups is 1. The number of hydrogen-bond acceptors (Lipinski definition) is 5. The third-order valence-electron chi connectivity index (χ3n) is 6.60. The normalized spacial score (nSPS) is 13.7. The van der Waals surface area contributed by atoms with Gasteiger partial charge in [-0.05, 0) is 41.5 Å². The number of carboxylic acids is 1. The zero-order valence-electron chi connectivity index (χ0n) is 21.1. The number of nitrogens with zero attached hydrogens (tertiary/aromatic N) is 2. The topological polar surface area (TPSA) is 65.0 Å². The second kappa shape index (κ2) is 9.71. The summed E-state index contributed by atoms with van der Waals surface area (Å²) in [6.07, 6.45) is 0. The number of benzene rings is 4. The first kappa shape index (κ1) is 24.5. The van der Waals surface area contributed by atoms with Crippen LogP contribution >= 0.6 is 11.6 Å². The fraction of sp³-hybridized carbons (Fsp3) is 0.167. The van der Waals surface area contributed by atoms with Crippen molar-refractivity contribution in [3.8, 4) is 22.6 Å². The molecular formula is C30H28ClN3O3. The molecule has 188 valence electrons. The summed E-state index contributed by atoms with van der Waals surface area (Å²) in [6, 6.07) is 24.5. The number of rotatable bonds is 6. The molecule has 0 radical (unpaired) electrons. The molecule has 0 aliphatic carbocycles. The maximum absolute atomic E-state index is 12.2. The molecule has 0 spiro atoms. The largest absolute Gasteiger partial charge is 0.478 e. The molecule has 0 saturated carbocycles. The van der Waals surface area contributed by atoms with Gasteiger partial charge in [-0.2, -0.15) is 0 Å². The number of nitrogens with one attached hydrogen (secondary N) is 1. The van der Waals surface area contributed by atoms with Crippen molar-refractivity contribution in [2.24, 2.45) is 0 Å². The van der Waals surface area contributed by atoms with E-state index in [4.69, 9.17) is 16.3 Å². The smallest absolute Gasteiger partial charge is 0.336 e. The summed E-state index contributed by atoms with van der Waals surface area (Å²) in [4.78, 5) is 16.2. The molecule has 1 heterocycles. The van der Waals surface area contributed by atoms with Gasteiger partial charge in [0.1, 0.15) is 11.5 Å². The third-order valence-corrected chi connectivity index (χ3v) is 6.93. The van der Waals surface area contributed by atoms with Gasteiger partial charge >= 0.3 is 5.97 Å². The van der Waals surface area contributed by atoms with Crippen molar-refractivity contribution in [1.82, 2.24) is 0 Å². The van der Waals surface area contributed by atoms with Gasteiger partial charge in [-0.15, -0.1) is 0 Å². The van der Waals surface area contributed by atoms with Gasteiger partial charge < -0.3 is 25.0 Å². The molecule has 4 aromatic rings. The van der Waals surface area contributed by atoms with Gasteiger partial charge in [-0.1, -0.05) is 48.0 Å². The number of aromatic carboxylic acids is 1. The summed E-state index contributed by atoms with van der Waals surface area (Å²) in [5, 5.41) is 14.2. The molecule has 0 fully saturated rings. The summed E-state index contributed by atoms with van der Waals surface area (Å²) in [5.74, 6) is 0.411. The molecule has 0 bridgehead atoms. The van der Waals surface area contributed by atoms with Crippen molar-refractivity contribution in [2.75, 3.05) is 43.3 Å². The van der Waals surface area contributed by atoms with Gasteiger partial charge in [0, 0.05) is 62.8 Å². The lowest BCUT2D eigenvalue weighted by Crippen LogP contribution is -2.21. The Labute approximate surface area is 221 Å². The van der Waals surface area contributed by atoms with Gasteiger partial charge in [-0.25, -0.2) is 4.79 Å². The summed E-state index contributed by atoms with van der Waals surface area (Å²) < 4.78 is 6.55. The second-order valence-corrected chi connectivity index (χ2v) is 9.83. The van der Waals surface area contributed by atoms with Crippen LogP contribution in [0.2, 0.25) is 5.02 Å². The molecule has 1 aliphatic rings. The van der Waals surface area contributed by atoms with E-state index in [1.165, 1.54) is 0 Å². The Morgan fingerprint density at radius 3 is 2.22 bits per heavy atom. The summed E-state index contributed by atoms with van der Waals surface area (Å²) in [5.41, 5.74) is 6.11. The summed E-state index contributed by atoms with van der Waals surface area (Å²) >= 11 is 6.57. The molecule has 1 unspecified atom stereocenters. The van der Waals surface area contributed by atoms with E-state index in [0.717, 1.165) is 39.5 Å². The molecule has 6 nitrogen and oxygen atoms in total. The van der Waals surface area contributed by atoms with E-state index in [1.54, 1.807) is 12.1 Å². The van der Waals surface area contributed by atoms with Crippen LogP contribution in [0.5, 0.6) is 11.5 Å². The molecule has 0 amide bonds. The average Bonchev–Trinajstić information content (AvgIpc) is 2.88. The number of fused-ring (bicyclic) bond motifs is 2. The number of para-hydroxylation sites is 1.